The molecule has 0 aromatic carbocycles. The summed E-state index contributed by atoms with van der Waals surface area (Å²) < 4.78 is 0. The first-order chi connectivity index (χ1) is 5.84. The van der Waals surface area contributed by atoms with E-state index in [1.165, 1.54) is 0 Å². The van der Waals surface area contributed by atoms with Gasteiger partial charge in [0.1, 0.15) is 0 Å². The van der Waals surface area contributed by atoms with Crippen LogP contribution in [0.2, 0.25) is 0 Å². The molecule has 1 rings (SSSR count). The van der Waals surface area contributed by atoms with E-state index in [4.69, 9.17) is 0 Å². The first kappa shape index (κ1) is 9.49. The van der Waals surface area contributed by atoms with Crippen molar-refractivity contribution in [1.82, 2.24) is 0 Å². The SMILES string of the molecule is C=CCCCC(O)c1cccs1. The molecular weight excluding hydrogens is 168 g/mol. The van der Waals surface area contributed by atoms with Crippen molar-refractivity contribution < 1.29 is 5.11 Å². The predicted octanol–water partition coefficient (Wildman–Crippen LogP) is 3.14. The summed E-state index contributed by atoms with van der Waals surface area (Å²) in [5.74, 6) is 0. The molecular formula is C10H14OS. The van der Waals surface area contributed by atoms with E-state index in [1.54, 1.807) is 11.3 Å². The van der Waals surface area contributed by atoms with Crippen molar-refractivity contribution in [3.63, 3.8) is 0 Å². The Morgan fingerprint density at radius 1 is 1.67 bits per heavy atom. The summed E-state index contributed by atoms with van der Waals surface area (Å²) in [6, 6.07) is 3.94. The van der Waals surface area contributed by atoms with Crippen LogP contribution in [-0.4, -0.2) is 5.11 Å². The fourth-order valence-corrected chi connectivity index (χ4v) is 1.83. The van der Waals surface area contributed by atoms with Gasteiger partial charge in [-0.25, -0.2) is 0 Å². The van der Waals surface area contributed by atoms with E-state index in [0.29, 0.717) is 0 Å². The Hall–Kier alpha value is -0.600. The summed E-state index contributed by atoms with van der Waals surface area (Å²) in [7, 11) is 0. The van der Waals surface area contributed by atoms with Crippen LogP contribution in [0, 0.1) is 0 Å². The summed E-state index contributed by atoms with van der Waals surface area (Å²) in [6.45, 7) is 3.64. The highest BCUT2D eigenvalue weighted by Crippen LogP contribution is 2.23. The Labute approximate surface area is 77.4 Å². The molecule has 12 heavy (non-hydrogen) atoms. The van der Waals surface area contributed by atoms with Crippen molar-refractivity contribution in [2.45, 2.75) is 25.4 Å². The second-order valence-corrected chi connectivity index (χ2v) is 3.73. The summed E-state index contributed by atoms with van der Waals surface area (Å²) in [5.41, 5.74) is 0. The van der Waals surface area contributed by atoms with E-state index in [-0.39, 0.29) is 6.10 Å². The van der Waals surface area contributed by atoms with Crippen LogP contribution in [0.5, 0.6) is 0 Å². The van der Waals surface area contributed by atoms with Gasteiger partial charge in [0, 0.05) is 4.88 Å². The van der Waals surface area contributed by atoms with Crippen molar-refractivity contribution >= 4 is 11.3 Å². The fraction of sp³-hybridized carbons (Fsp3) is 0.400. The molecule has 1 atom stereocenters. The van der Waals surface area contributed by atoms with Crippen LogP contribution in [-0.2, 0) is 0 Å². The van der Waals surface area contributed by atoms with E-state index in [0.717, 1.165) is 24.1 Å². The lowest BCUT2D eigenvalue weighted by Gasteiger charge is -2.06. The van der Waals surface area contributed by atoms with Crippen molar-refractivity contribution in [1.29, 1.82) is 0 Å². The number of hydrogen-bond acceptors (Lipinski definition) is 2. The zero-order chi connectivity index (χ0) is 8.81. The monoisotopic (exact) mass is 182 g/mol. The van der Waals surface area contributed by atoms with Gasteiger partial charge >= 0.3 is 0 Å². The summed E-state index contributed by atoms with van der Waals surface area (Å²) in [4.78, 5) is 1.07. The summed E-state index contributed by atoms with van der Waals surface area (Å²) in [5, 5.41) is 11.6. The summed E-state index contributed by atoms with van der Waals surface area (Å²) in [6.07, 6.45) is 4.46. The first-order valence-electron chi connectivity index (χ1n) is 4.17. The van der Waals surface area contributed by atoms with Gasteiger partial charge in [0.15, 0.2) is 0 Å². The molecule has 0 bridgehead atoms. The quantitative estimate of drug-likeness (QED) is 0.548. The lowest BCUT2D eigenvalue weighted by Crippen LogP contribution is -1.93. The van der Waals surface area contributed by atoms with Crippen molar-refractivity contribution in [3.8, 4) is 0 Å². The van der Waals surface area contributed by atoms with Crippen LogP contribution in [0.3, 0.4) is 0 Å². The highest BCUT2D eigenvalue weighted by atomic mass is 32.1. The standard InChI is InChI=1S/C10H14OS/c1-2-3-4-6-9(11)10-7-5-8-12-10/h2,5,7-9,11H,1,3-4,6H2. The molecule has 0 saturated carbocycles. The molecule has 1 unspecified atom stereocenters. The molecule has 2 heteroatoms. The van der Waals surface area contributed by atoms with Crippen LogP contribution in [0.1, 0.15) is 30.2 Å². The molecule has 0 aliphatic carbocycles. The molecule has 1 N–H and O–H groups in total. The molecule has 0 aliphatic heterocycles. The highest BCUT2D eigenvalue weighted by molar-refractivity contribution is 7.10. The molecule has 1 nitrogen and oxygen atoms in total. The Morgan fingerprint density at radius 3 is 3.08 bits per heavy atom. The van der Waals surface area contributed by atoms with Gasteiger partial charge < -0.3 is 5.11 Å². The number of aliphatic hydroxyl groups excluding tert-OH is 1. The Morgan fingerprint density at radius 2 is 2.50 bits per heavy atom. The Kier molecular flexibility index (Phi) is 4.05. The molecule has 66 valence electrons. The van der Waals surface area contributed by atoms with Crippen molar-refractivity contribution in [2.75, 3.05) is 0 Å². The molecule has 1 heterocycles. The lowest BCUT2D eigenvalue weighted by atomic mass is 10.1. The van der Waals surface area contributed by atoms with Gasteiger partial charge in [-0.3, -0.25) is 0 Å². The van der Waals surface area contributed by atoms with Crippen LogP contribution < -0.4 is 0 Å². The zero-order valence-corrected chi connectivity index (χ0v) is 7.89. The maximum Gasteiger partial charge on any atom is 0.0882 e. The molecule has 0 radical (unpaired) electrons. The maximum absolute atomic E-state index is 9.61. The van der Waals surface area contributed by atoms with Crippen LogP contribution in [0.25, 0.3) is 0 Å². The van der Waals surface area contributed by atoms with Gasteiger partial charge in [0.05, 0.1) is 6.10 Å². The topological polar surface area (TPSA) is 20.2 Å². The molecule has 0 fully saturated rings. The predicted molar refractivity (Wildman–Crippen MR) is 53.3 cm³/mol. The van der Waals surface area contributed by atoms with E-state index < -0.39 is 0 Å². The van der Waals surface area contributed by atoms with Crippen molar-refractivity contribution in [3.05, 3.63) is 35.0 Å². The third-order valence-corrected chi connectivity index (χ3v) is 2.73. The van der Waals surface area contributed by atoms with Gasteiger partial charge in [-0.1, -0.05) is 12.1 Å². The van der Waals surface area contributed by atoms with Gasteiger partial charge in [0.2, 0.25) is 0 Å². The second kappa shape index (κ2) is 5.12. The third-order valence-electron chi connectivity index (χ3n) is 1.76. The van der Waals surface area contributed by atoms with Gasteiger partial charge in [-0.05, 0) is 30.7 Å². The first-order valence-corrected chi connectivity index (χ1v) is 5.05. The molecule has 1 aromatic heterocycles. The highest BCUT2D eigenvalue weighted by Gasteiger charge is 2.06. The number of allylic oxidation sites excluding steroid dienone is 1. The molecule has 0 saturated heterocycles. The molecule has 0 spiro atoms. The number of aliphatic hydroxyl groups is 1. The number of thiophene rings is 1. The average Bonchev–Trinajstić information content (AvgIpc) is 2.56. The lowest BCUT2D eigenvalue weighted by molar-refractivity contribution is 0.169. The molecule has 1 aromatic rings. The van der Waals surface area contributed by atoms with Crippen LogP contribution >= 0.6 is 11.3 Å². The number of unbranched alkanes of at least 4 members (excludes halogenated alkanes) is 1. The van der Waals surface area contributed by atoms with Crippen LogP contribution in [0.4, 0.5) is 0 Å². The zero-order valence-electron chi connectivity index (χ0n) is 7.07. The van der Waals surface area contributed by atoms with E-state index >= 15 is 0 Å². The molecule has 0 amide bonds. The van der Waals surface area contributed by atoms with Gasteiger partial charge in [-0.15, -0.1) is 17.9 Å². The minimum absolute atomic E-state index is 0.273. The number of hydrogen-bond donors (Lipinski definition) is 1. The average molecular weight is 182 g/mol. The largest absolute Gasteiger partial charge is 0.388 e. The molecule has 0 aliphatic rings. The Balaban J connectivity index is 2.29. The fourth-order valence-electron chi connectivity index (χ4n) is 1.08. The maximum atomic E-state index is 9.61. The van der Waals surface area contributed by atoms with E-state index in [2.05, 4.69) is 6.58 Å². The van der Waals surface area contributed by atoms with Crippen LogP contribution in [0.15, 0.2) is 30.2 Å². The summed E-state index contributed by atoms with van der Waals surface area (Å²) >= 11 is 1.61. The smallest absolute Gasteiger partial charge is 0.0882 e. The minimum atomic E-state index is -0.273. The van der Waals surface area contributed by atoms with Gasteiger partial charge in [-0.2, -0.15) is 0 Å². The van der Waals surface area contributed by atoms with Crippen molar-refractivity contribution in [2.24, 2.45) is 0 Å². The second-order valence-electron chi connectivity index (χ2n) is 2.75. The Bertz CT molecular complexity index is 216. The van der Waals surface area contributed by atoms with E-state index in [9.17, 15) is 5.11 Å². The normalized spacial score (nSPS) is 12.8. The third kappa shape index (κ3) is 2.80. The minimum Gasteiger partial charge on any atom is -0.388 e. The van der Waals surface area contributed by atoms with Gasteiger partial charge in [0.25, 0.3) is 0 Å². The number of rotatable bonds is 5. The van der Waals surface area contributed by atoms with E-state index in [1.807, 2.05) is 23.6 Å².